The van der Waals surface area contributed by atoms with Crippen molar-refractivity contribution in [1.82, 2.24) is 0 Å². The molecule has 2 heterocycles. The summed E-state index contributed by atoms with van der Waals surface area (Å²) >= 11 is 0. The first-order chi connectivity index (χ1) is 5.25. The van der Waals surface area contributed by atoms with Gasteiger partial charge >= 0.3 is 0 Å². The second kappa shape index (κ2) is 2.22. The van der Waals surface area contributed by atoms with Crippen molar-refractivity contribution in [3.63, 3.8) is 0 Å². The molecular weight excluding hydrogens is 138 g/mol. The van der Waals surface area contributed by atoms with Gasteiger partial charge in [-0.25, -0.2) is 0 Å². The molecule has 0 spiro atoms. The van der Waals surface area contributed by atoms with Crippen molar-refractivity contribution in [1.29, 1.82) is 0 Å². The highest BCUT2D eigenvalue weighted by Gasteiger charge is 2.12. The predicted molar refractivity (Wildman–Crippen MR) is 44.5 cm³/mol. The average molecular weight is 149 g/mol. The van der Waals surface area contributed by atoms with Crippen molar-refractivity contribution in [3.05, 3.63) is 17.6 Å². The monoisotopic (exact) mass is 149 g/mol. The number of furan rings is 1. The molecule has 0 saturated carbocycles. The van der Waals surface area contributed by atoms with E-state index in [1.54, 1.807) is 0 Å². The zero-order valence-electron chi connectivity index (χ0n) is 6.85. The minimum atomic E-state index is 0.966. The van der Waals surface area contributed by atoms with Gasteiger partial charge in [-0.05, 0) is 20.3 Å². The maximum Gasteiger partial charge on any atom is 0.130 e. The maximum atomic E-state index is 5.45. The molecule has 2 heteroatoms. The lowest BCUT2D eigenvalue weighted by atomic mass is 10.1. The van der Waals surface area contributed by atoms with Gasteiger partial charge < -0.3 is 4.42 Å². The van der Waals surface area contributed by atoms with Gasteiger partial charge in [-0.15, -0.1) is 0 Å². The summed E-state index contributed by atoms with van der Waals surface area (Å²) in [7, 11) is 0. The molecule has 0 fully saturated rings. The Bertz CT molecular complexity index is 309. The normalized spacial score (nSPS) is 16.0. The van der Waals surface area contributed by atoms with Crippen molar-refractivity contribution < 1.29 is 4.42 Å². The first kappa shape index (κ1) is 6.65. The van der Waals surface area contributed by atoms with E-state index in [1.165, 1.54) is 5.71 Å². The highest BCUT2D eigenvalue weighted by atomic mass is 16.3. The Morgan fingerprint density at radius 3 is 3.00 bits per heavy atom. The third kappa shape index (κ3) is 1.09. The Labute approximate surface area is 65.9 Å². The quantitative estimate of drug-likeness (QED) is 0.556. The molecule has 0 aliphatic carbocycles. The van der Waals surface area contributed by atoms with Crippen molar-refractivity contribution in [2.75, 3.05) is 0 Å². The third-order valence-electron chi connectivity index (χ3n) is 1.94. The molecule has 1 aliphatic heterocycles. The zero-order chi connectivity index (χ0) is 7.84. The smallest absolute Gasteiger partial charge is 0.130 e. The van der Waals surface area contributed by atoms with E-state index in [4.69, 9.17) is 4.42 Å². The molecule has 58 valence electrons. The average Bonchev–Trinajstić information content (AvgIpc) is 2.27. The number of nitrogens with zero attached hydrogens (tertiary/aromatic N) is 1. The van der Waals surface area contributed by atoms with E-state index in [1.807, 2.05) is 13.0 Å². The zero-order valence-corrected chi connectivity index (χ0v) is 6.85. The summed E-state index contributed by atoms with van der Waals surface area (Å²) in [6, 6.07) is 2.00. The number of hydrogen-bond donors (Lipinski definition) is 0. The Morgan fingerprint density at radius 2 is 2.18 bits per heavy atom. The Kier molecular flexibility index (Phi) is 1.34. The maximum absolute atomic E-state index is 5.45. The molecule has 1 aromatic heterocycles. The molecule has 0 amide bonds. The first-order valence-corrected chi connectivity index (χ1v) is 3.89. The first-order valence-electron chi connectivity index (χ1n) is 3.89. The van der Waals surface area contributed by atoms with Gasteiger partial charge in [-0.1, -0.05) is 0 Å². The number of rotatable bonds is 0. The number of hydrogen-bond acceptors (Lipinski definition) is 2. The van der Waals surface area contributed by atoms with Gasteiger partial charge in [0.15, 0.2) is 0 Å². The number of fused-ring (bicyclic) bond motifs is 1. The SMILES string of the molecule is CC1=Nc2cc(C)oc2CC1. The van der Waals surface area contributed by atoms with Gasteiger partial charge in [0, 0.05) is 18.2 Å². The molecule has 0 atom stereocenters. The molecule has 0 saturated heterocycles. The van der Waals surface area contributed by atoms with E-state index < -0.39 is 0 Å². The molecule has 0 aromatic carbocycles. The highest BCUT2D eigenvalue weighted by molar-refractivity contribution is 5.86. The summed E-state index contributed by atoms with van der Waals surface area (Å²) in [6.45, 7) is 4.02. The minimum absolute atomic E-state index is 0.966. The van der Waals surface area contributed by atoms with Gasteiger partial charge in [0.1, 0.15) is 17.2 Å². The van der Waals surface area contributed by atoms with Gasteiger partial charge in [-0.3, -0.25) is 4.99 Å². The van der Waals surface area contributed by atoms with E-state index >= 15 is 0 Å². The fraction of sp³-hybridized carbons (Fsp3) is 0.444. The van der Waals surface area contributed by atoms with Crippen LogP contribution in [0.5, 0.6) is 0 Å². The van der Waals surface area contributed by atoms with Crippen LogP contribution in [0.3, 0.4) is 0 Å². The third-order valence-corrected chi connectivity index (χ3v) is 1.94. The van der Waals surface area contributed by atoms with E-state index in [9.17, 15) is 0 Å². The minimum Gasteiger partial charge on any atom is -0.464 e. The molecule has 0 radical (unpaired) electrons. The van der Waals surface area contributed by atoms with E-state index in [-0.39, 0.29) is 0 Å². The summed E-state index contributed by atoms with van der Waals surface area (Å²) in [5, 5.41) is 0. The van der Waals surface area contributed by atoms with Crippen LogP contribution in [0.4, 0.5) is 5.69 Å². The lowest BCUT2D eigenvalue weighted by Gasteiger charge is -2.05. The topological polar surface area (TPSA) is 25.5 Å². The molecule has 2 rings (SSSR count). The van der Waals surface area contributed by atoms with Crippen LogP contribution in [0.2, 0.25) is 0 Å². The van der Waals surface area contributed by atoms with Crippen LogP contribution in [0.1, 0.15) is 24.9 Å². The predicted octanol–water partition coefficient (Wildman–Crippen LogP) is 2.63. The van der Waals surface area contributed by atoms with Crippen LogP contribution >= 0.6 is 0 Å². The number of aliphatic imine (C=N–C) groups is 1. The fourth-order valence-electron chi connectivity index (χ4n) is 1.38. The highest BCUT2D eigenvalue weighted by Crippen LogP contribution is 2.28. The number of aryl methyl sites for hydroxylation is 2. The Morgan fingerprint density at radius 1 is 1.36 bits per heavy atom. The molecule has 11 heavy (non-hydrogen) atoms. The molecule has 0 N–H and O–H groups in total. The van der Waals surface area contributed by atoms with Crippen LogP contribution in [0.25, 0.3) is 0 Å². The van der Waals surface area contributed by atoms with Gasteiger partial charge in [0.2, 0.25) is 0 Å². The Balaban J connectivity index is 2.50. The molecule has 0 bridgehead atoms. The van der Waals surface area contributed by atoms with E-state index in [0.29, 0.717) is 0 Å². The molecule has 0 unspecified atom stereocenters. The van der Waals surface area contributed by atoms with Gasteiger partial charge in [0.25, 0.3) is 0 Å². The summed E-state index contributed by atoms with van der Waals surface area (Å²) in [5.74, 6) is 2.02. The second-order valence-electron chi connectivity index (χ2n) is 3.01. The molecular formula is C9H11NO. The van der Waals surface area contributed by atoms with Crippen LogP contribution in [-0.2, 0) is 6.42 Å². The van der Waals surface area contributed by atoms with Crippen LogP contribution in [-0.4, -0.2) is 5.71 Å². The fourth-order valence-corrected chi connectivity index (χ4v) is 1.38. The lowest BCUT2D eigenvalue weighted by molar-refractivity contribution is 0.484. The van der Waals surface area contributed by atoms with Crippen LogP contribution in [0.15, 0.2) is 15.5 Å². The molecule has 1 aliphatic rings. The molecule has 2 nitrogen and oxygen atoms in total. The standard InChI is InChI=1S/C9H11NO/c1-6-3-4-9-8(10-6)5-7(2)11-9/h5H,3-4H2,1-2H3. The van der Waals surface area contributed by atoms with Crippen molar-refractivity contribution in [3.8, 4) is 0 Å². The summed E-state index contributed by atoms with van der Waals surface area (Å²) in [5.41, 5.74) is 2.24. The van der Waals surface area contributed by atoms with E-state index in [0.717, 1.165) is 30.0 Å². The molecule has 1 aromatic rings. The largest absolute Gasteiger partial charge is 0.464 e. The van der Waals surface area contributed by atoms with Crippen molar-refractivity contribution in [2.45, 2.75) is 26.7 Å². The van der Waals surface area contributed by atoms with Gasteiger partial charge in [0.05, 0.1) is 0 Å². The van der Waals surface area contributed by atoms with Crippen molar-refractivity contribution in [2.24, 2.45) is 4.99 Å². The summed E-state index contributed by atoms with van der Waals surface area (Å²) in [4.78, 5) is 4.39. The summed E-state index contributed by atoms with van der Waals surface area (Å²) < 4.78 is 5.45. The second-order valence-corrected chi connectivity index (χ2v) is 3.01. The van der Waals surface area contributed by atoms with Gasteiger partial charge in [-0.2, -0.15) is 0 Å². The Hall–Kier alpha value is -1.05. The summed E-state index contributed by atoms with van der Waals surface area (Å²) in [6.07, 6.45) is 2.05. The van der Waals surface area contributed by atoms with Crippen molar-refractivity contribution >= 4 is 11.4 Å². The lowest BCUT2D eigenvalue weighted by Crippen LogP contribution is -1.98. The van der Waals surface area contributed by atoms with Crippen LogP contribution < -0.4 is 0 Å². The van der Waals surface area contributed by atoms with Crippen LogP contribution in [0, 0.1) is 6.92 Å². The van der Waals surface area contributed by atoms with E-state index in [2.05, 4.69) is 11.9 Å².